The molecule has 8 nitrogen and oxygen atoms in total. The molecule has 0 bridgehead atoms. The molecule has 0 aliphatic rings. The minimum atomic E-state index is -3.83. The van der Waals surface area contributed by atoms with Crippen molar-refractivity contribution in [2.75, 3.05) is 13.2 Å². The number of hydrogen-bond acceptors (Lipinski definition) is 6. The van der Waals surface area contributed by atoms with Crippen molar-refractivity contribution in [3.63, 3.8) is 0 Å². The van der Waals surface area contributed by atoms with Gasteiger partial charge in [-0.2, -0.15) is 0 Å². The van der Waals surface area contributed by atoms with Gasteiger partial charge in [0.15, 0.2) is 0 Å². The highest BCUT2D eigenvalue weighted by Crippen LogP contribution is 2.22. The molecule has 0 heterocycles. The molecule has 0 radical (unpaired) electrons. The maximum atomic E-state index is 12.5. The summed E-state index contributed by atoms with van der Waals surface area (Å²) in [6, 6.07) is 7.16. The van der Waals surface area contributed by atoms with Crippen LogP contribution in [0.25, 0.3) is 0 Å². The first-order valence-electron chi connectivity index (χ1n) is 9.78. The number of benzene rings is 2. The summed E-state index contributed by atoms with van der Waals surface area (Å²) in [5.41, 5.74) is 4.48. The lowest BCUT2D eigenvalue weighted by atomic mass is 10.1. The highest BCUT2D eigenvalue weighted by atomic mass is 32.2. The van der Waals surface area contributed by atoms with Crippen molar-refractivity contribution < 1.29 is 26.5 Å². The van der Waals surface area contributed by atoms with Gasteiger partial charge in [0, 0.05) is 0 Å². The Hall–Kier alpha value is -1.82. The summed E-state index contributed by atoms with van der Waals surface area (Å²) in [5, 5.41) is 0. The molecule has 2 N–H and O–H groups in total. The Morgan fingerprint density at radius 3 is 1.19 bits per heavy atom. The number of hydrogen-bond donors (Lipinski definition) is 2. The van der Waals surface area contributed by atoms with Gasteiger partial charge in [0.1, 0.15) is 0 Å². The van der Waals surface area contributed by atoms with E-state index in [2.05, 4.69) is 9.77 Å². The lowest BCUT2D eigenvalue weighted by Crippen LogP contribution is -2.28. The second-order valence-corrected chi connectivity index (χ2v) is 10.8. The van der Waals surface area contributed by atoms with Crippen molar-refractivity contribution in [3.8, 4) is 0 Å². The first kappa shape index (κ1) is 25.4. The molecule has 0 aliphatic carbocycles. The van der Waals surface area contributed by atoms with E-state index in [1.165, 1.54) is 0 Å². The Morgan fingerprint density at radius 2 is 0.903 bits per heavy atom. The largest absolute Gasteiger partial charge is 0.287 e. The summed E-state index contributed by atoms with van der Waals surface area (Å²) in [6.07, 6.45) is 0.267. The average Bonchev–Trinajstić information content (AvgIpc) is 2.58. The minimum Gasteiger partial charge on any atom is -0.287 e. The monoisotopic (exact) mass is 470 g/mol. The smallest absolute Gasteiger partial charge is 0.262 e. The molecule has 0 saturated carbocycles. The molecule has 0 aromatic heterocycles. The van der Waals surface area contributed by atoms with Gasteiger partial charge < -0.3 is 0 Å². The molecule has 2 aromatic rings. The zero-order valence-corrected chi connectivity index (χ0v) is 20.3. The van der Waals surface area contributed by atoms with Crippen LogP contribution in [0.15, 0.2) is 34.1 Å². The third kappa shape index (κ3) is 6.58. The van der Waals surface area contributed by atoms with Gasteiger partial charge in [-0.1, -0.05) is 45.2 Å². The van der Waals surface area contributed by atoms with E-state index in [0.29, 0.717) is 22.3 Å². The van der Waals surface area contributed by atoms with Gasteiger partial charge in [-0.25, -0.2) is 16.8 Å². The van der Waals surface area contributed by atoms with Crippen LogP contribution in [0.4, 0.5) is 0 Å². The van der Waals surface area contributed by atoms with Gasteiger partial charge in [0.2, 0.25) is 0 Å². The van der Waals surface area contributed by atoms with E-state index >= 15 is 0 Å². The van der Waals surface area contributed by atoms with Crippen molar-refractivity contribution >= 4 is 20.0 Å². The zero-order chi connectivity index (χ0) is 23.4. The molecular formula is C21H30N2O6S2. The topological polar surface area (TPSA) is 111 Å². The van der Waals surface area contributed by atoms with Gasteiger partial charge in [0.25, 0.3) is 20.0 Å². The van der Waals surface area contributed by atoms with Gasteiger partial charge in [0.05, 0.1) is 23.0 Å². The van der Waals surface area contributed by atoms with Crippen LogP contribution in [-0.2, 0) is 29.7 Å². The van der Waals surface area contributed by atoms with E-state index in [0.717, 1.165) is 11.1 Å². The molecule has 0 saturated heterocycles. The molecule has 10 heteroatoms. The zero-order valence-electron chi connectivity index (χ0n) is 18.7. The second-order valence-electron chi connectivity index (χ2n) is 7.68. The fourth-order valence-electron chi connectivity index (χ4n) is 3.71. The van der Waals surface area contributed by atoms with E-state index in [-0.39, 0.29) is 29.4 Å². The van der Waals surface area contributed by atoms with Crippen LogP contribution in [0.5, 0.6) is 0 Å². The van der Waals surface area contributed by atoms with Crippen molar-refractivity contribution in [3.05, 3.63) is 57.6 Å². The van der Waals surface area contributed by atoms with E-state index in [4.69, 9.17) is 9.68 Å². The molecule has 0 amide bonds. The lowest BCUT2D eigenvalue weighted by Gasteiger charge is -2.14. The van der Waals surface area contributed by atoms with E-state index in [9.17, 15) is 16.8 Å². The Labute approximate surface area is 185 Å². The number of sulfonamides is 2. The normalized spacial score (nSPS) is 12.3. The number of nitrogens with one attached hydrogen (secondary N) is 2. The predicted molar refractivity (Wildman–Crippen MR) is 118 cm³/mol. The molecule has 2 aromatic carbocycles. The van der Waals surface area contributed by atoms with E-state index in [1.54, 1.807) is 52.0 Å². The SMILES string of the molecule is Cc1cc(C)c(S(=O)(=O)NOCCCONS(=O)(=O)c2c(C)cc(C)cc2C)c(C)c1. The molecule has 0 spiro atoms. The summed E-state index contributed by atoms with van der Waals surface area (Å²) in [5.74, 6) is 0. The Morgan fingerprint density at radius 1 is 0.613 bits per heavy atom. The highest BCUT2D eigenvalue weighted by Gasteiger charge is 2.21. The van der Waals surface area contributed by atoms with E-state index < -0.39 is 20.0 Å². The Balaban J connectivity index is 1.83. The molecule has 0 fully saturated rings. The first-order chi connectivity index (χ1) is 14.3. The summed E-state index contributed by atoms with van der Waals surface area (Å²) < 4.78 is 50.0. The maximum Gasteiger partial charge on any atom is 0.262 e. The molecule has 172 valence electrons. The fraction of sp³-hybridized carbons (Fsp3) is 0.429. The van der Waals surface area contributed by atoms with Crippen LogP contribution in [0.2, 0.25) is 0 Å². The van der Waals surface area contributed by atoms with Crippen LogP contribution in [0.1, 0.15) is 39.8 Å². The summed E-state index contributed by atoms with van der Waals surface area (Å²) in [6.45, 7) is 10.7. The van der Waals surface area contributed by atoms with Gasteiger partial charge in [-0.15, -0.1) is 0 Å². The minimum absolute atomic E-state index is 0.00744. The third-order valence-corrected chi connectivity index (χ3v) is 7.61. The standard InChI is InChI=1S/C21H30N2O6S2/c1-14-10-16(3)20(17(4)11-14)30(24,25)22-28-8-7-9-29-23-31(26,27)21-18(5)12-15(2)13-19(21)6/h10-13,22-23H,7-9H2,1-6H3. The molecule has 0 aliphatic heterocycles. The quantitative estimate of drug-likeness (QED) is 0.408. The molecular weight excluding hydrogens is 440 g/mol. The summed E-state index contributed by atoms with van der Waals surface area (Å²) in [4.78, 5) is 14.7. The van der Waals surface area contributed by atoms with Crippen LogP contribution < -0.4 is 9.77 Å². The van der Waals surface area contributed by atoms with Crippen LogP contribution in [-0.4, -0.2) is 30.0 Å². The molecule has 31 heavy (non-hydrogen) atoms. The van der Waals surface area contributed by atoms with Crippen molar-refractivity contribution in [2.45, 2.75) is 57.8 Å². The summed E-state index contributed by atoms with van der Waals surface area (Å²) >= 11 is 0. The van der Waals surface area contributed by atoms with Crippen molar-refractivity contribution in [1.29, 1.82) is 0 Å². The Kier molecular flexibility index (Phi) is 8.37. The molecule has 2 rings (SSSR count). The molecule has 0 unspecified atom stereocenters. The van der Waals surface area contributed by atoms with Crippen molar-refractivity contribution in [2.24, 2.45) is 0 Å². The lowest BCUT2D eigenvalue weighted by molar-refractivity contribution is 0.0445. The molecule has 0 atom stereocenters. The maximum absolute atomic E-state index is 12.5. The first-order valence-corrected chi connectivity index (χ1v) is 12.7. The summed E-state index contributed by atoms with van der Waals surface area (Å²) in [7, 11) is -7.66. The average molecular weight is 471 g/mol. The number of aryl methyl sites for hydroxylation is 6. The van der Waals surface area contributed by atoms with Gasteiger partial charge in [-0.3, -0.25) is 9.68 Å². The Bertz CT molecular complexity index is 1020. The number of rotatable bonds is 10. The second kappa shape index (κ2) is 10.2. The third-order valence-electron chi connectivity index (χ3n) is 4.58. The highest BCUT2D eigenvalue weighted by molar-refractivity contribution is 7.89. The fourth-order valence-corrected chi connectivity index (χ4v) is 6.28. The predicted octanol–water partition coefficient (Wildman–Crippen LogP) is 3.05. The van der Waals surface area contributed by atoms with Crippen LogP contribution in [0.3, 0.4) is 0 Å². The van der Waals surface area contributed by atoms with Crippen LogP contribution >= 0.6 is 0 Å². The van der Waals surface area contributed by atoms with Gasteiger partial charge >= 0.3 is 0 Å². The van der Waals surface area contributed by atoms with Crippen molar-refractivity contribution in [1.82, 2.24) is 9.77 Å². The van der Waals surface area contributed by atoms with Gasteiger partial charge in [-0.05, 0) is 70.2 Å². The van der Waals surface area contributed by atoms with Crippen LogP contribution in [0, 0.1) is 41.5 Å². The van der Waals surface area contributed by atoms with E-state index in [1.807, 2.05) is 13.8 Å².